The average Bonchev–Trinajstić information content (AvgIpc) is 3.19. The van der Waals surface area contributed by atoms with Gasteiger partial charge in [-0.05, 0) is 63.4 Å². The van der Waals surface area contributed by atoms with Crippen LogP contribution in [0.1, 0.15) is 50.3 Å². The van der Waals surface area contributed by atoms with E-state index in [0.717, 1.165) is 25.3 Å². The number of benzene rings is 1. The molecule has 0 bridgehead atoms. The Balaban J connectivity index is 1.31. The molecule has 2 fully saturated rings. The van der Waals surface area contributed by atoms with Crippen molar-refractivity contribution in [2.24, 2.45) is 0 Å². The van der Waals surface area contributed by atoms with Crippen LogP contribution in [0.4, 0.5) is 0 Å². The first-order valence-corrected chi connectivity index (χ1v) is 10.3. The lowest BCUT2D eigenvalue weighted by atomic mass is 10.0. The summed E-state index contributed by atoms with van der Waals surface area (Å²) in [7, 11) is 0. The minimum atomic E-state index is -0.00684. The number of nitrogens with one attached hydrogen (secondary N) is 1. The molecule has 3 aliphatic rings. The van der Waals surface area contributed by atoms with Crippen LogP contribution in [-0.4, -0.2) is 42.8 Å². The summed E-state index contributed by atoms with van der Waals surface area (Å²) >= 11 is 0. The van der Waals surface area contributed by atoms with E-state index < -0.39 is 0 Å². The summed E-state index contributed by atoms with van der Waals surface area (Å²) in [5.41, 5.74) is 2.62. The van der Waals surface area contributed by atoms with E-state index in [1.807, 2.05) is 6.08 Å². The first-order valence-electron chi connectivity index (χ1n) is 10.3. The van der Waals surface area contributed by atoms with Gasteiger partial charge in [-0.15, -0.1) is 0 Å². The van der Waals surface area contributed by atoms with Crippen molar-refractivity contribution in [1.82, 2.24) is 10.2 Å². The van der Waals surface area contributed by atoms with Crippen LogP contribution in [-0.2, 0) is 16.0 Å². The molecule has 4 heteroatoms. The highest BCUT2D eigenvalue weighted by molar-refractivity contribution is 5.27. The number of nitrogens with zero attached hydrogens (tertiary/aromatic N) is 1. The predicted octanol–water partition coefficient (Wildman–Crippen LogP) is 3.95. The Kier molecular flexibility index (Phi) is 5.67. The molecule has 1 N–H and O–H groups in total. The molecule has 146 valence electrons. The average molecular weight is 369 g/mol. The Labute approximate surface area is 163 Å². The Morgan fingerprint density at radius 3 is 2.67 bits per heavy atom. The maximum atomic E-state index is 6.17. The summed E-state index contributed by atoms with van der Waals surface area (Å²) in [5.74, 6) is 0.961. The van der Waals surface area contributed by atoms with Crippen molar-refractivity contribution >= 4 is 0 Å². The van der Waals surface area contributed by atoms with Gasteiger partial charge in [-0.1, -0.05) is 36.4 Å². The second-order valence-electron chi connectivity index (χ2n) is 8.62. The van der Waals surface area contributed by atoms with Gasteiger partial charge in [0, 0.05) is 18.6 Å². The van der Waals surface area contributed by atoms with Crippen molar-refractivity contribution in [3.8, 4) is 0 Å². The van der Waals surface area contributed by atoms with Gasteiger partial charge in [0.2, 0.25) is 0 Å². The largest absolute Gasteiger partial charge is 0.485 e. The van der Waals surface area contributed by atoms with Crippen LogP contribution in [0.5, 0.6) is 0 Å². The van der Waals surface area contributed by atoms with Gasteiger partial charge in [-0.25, -0.2) is 0 Å². The van der Waals surface area contributed by atoms with E-state index >= 15 is 0 Å². The van der Waals surface area contributed by atoms with Crippen LogP contribution >= 0.6 is 0 Å². The van der Waals surface area contributed by atoms with Crippen molar-refractivity contribution in [1.29, 1.82) is 0 Å². The smallest absolute Gasteiger partial charge is 0.147 e. The standard InChI is InChI=1S/C23H32N2O2/c1-23(2,17-25-13-5-6-14-25)24-15-18-9-11-19(12-10-18)22-16-26-20-7-3-4-8-21(20)27-22/h3-4,8-12,20,22,24H,5-7,13-17H2,1-2H3. The zero-order valence-electron chi connectivity index (χ0n) is 16.6. The molecule has 4 rings (SSSR count). The second-order valence-corrected chi connectivity index (χ2v) is 8.62. The molecular formula is C23H32N2O2. The van der Waals surface area contributed by atoms with Gasteiger partial charge in [0.25, 0.3) is 0 Å². The van der Waals surface area contributed by atoms with E-state index in [4.69, 9.17) is 9.47 Å². The van der Waals surface area contributed by atoms with Crippen molar-refractivity contribution in [3.05, 3.63) is 59.4 Å². The molecular weight excluding hydrogens is 336 g/mol. The molecule has 0 spiro atoms. The Morgan fingerprint density at radius 1 is 1.11 bits per heavy atom. The molecule has 1 aromatic rings. The maximum absolute atomic E-state index is 6.17. The summed E-state index contributed by atoms with van der Waals surface area (Å²) in [6, 6.07) is 8.77. The molecule has 1 aliphatic carbocycles. The molecule has 27 heavy (non-hydrogen) atoms. The lowest BCUT2D eigenvalue weighted by molar-refractivity contribution is -0.0894. The Morgan fingerprint density at radius 2 is 1.89 bits per heavy atom. The lowest BCUT2D eigenvalue weighted by Crippen LogP contribution is -2.48. The number of rotatable bonds is 6. The first-order chi connectivity index (χ1) is 13.1. The molecule has 2 atom stereocenters. The molecule has 2 saturated heterocycles. The van der Waals surface area contributed by atoms with Crippen molar-refractivity contribution in [2.45, 2.75) is 57.4 Å². The summed E-state index contributed by atoms with van der Waals surface area (Å²) in [6.45, 7) is 9.72. The first kappa shape index (κ1) is 18.7. The van der Waals surface area contributed by atoms with Gasteiger partial charge >= 0.3 is 0 Å². The van der Waals surface area contributed by atoms with E-state index in [9.17, 15) is 0 Å². The fraction of sp³-hybridized carbons (Fsp3) is 0.565. The Bertz CT molecular complexity index is 687. The van der Waals surface area contributed by atoms with Gasteiger partial charge in [0.1, 0.15) is 18.0 Å². The van der Waals surface area contributed by atoms with Gasteiger partial charge in [-0.2, -0.15) is 0 Å². The van der Waals surface area contributed by atoms with Crippen LogP contribution in [0.25, 0.3) is 0 Å². The minimum absolute atomic E-state index is 0.00684. The Hall–Kier alpha value is -1.62. The number of fused-ring (bicyclic) bond motifs is 1. The van der Waals surface area contributed by atoms with Gasteiger partial charge in [-0.3, -0.25) is 0 Å². The molecule has 0 radical (unpaired) electrons. The molecule has 0 amide bonds. The summed E-state index contributed by atoms with van der Waals surface area (Å²) in [6.07, 6.45) is 9.91. The highest BCUT2D eigenvalue weighted by atomic mass is 16.6. The molecule has 1 aromatic carbocycles. The fourth-order valence-corrected chi connectivity index (χ4v) is 4.17. The second kappa shape index (κ2) is 8.17. The minimum Gasteiger partial charge on any atom is -0.485 e. The summed E-state index contributed by atoms with van der Waals surface area (Å²) in [5, 5.41) is 3.72. The number of hydrogen-bond donors (Lipinski definition) is 1. The zero-order valence-corrected chi connectivity index (χ0v) is 16.6. The molecule has 0 saturated carbocycles. The fourth-order valence-electron chi connectivity index (χ4n) is 4.17. The highest BCUT2D eigenvalue weighted by Gasteiger charge is 2.29. The molecule has 4 nitrogen and oxygen atoms in total. The third-order valence-electron chi connectivity index (χ3n) is 5.73. The number of likely N-dealkylation sites (tertiary alicyclic amines) is 1. The zero-order chi connectivity index (χ0) is 18.7. The monoisotopic (exact) mass is 368 g/mol. The summed E-state index contributed by atoms with van der Waals surface area (Å²) < 4.78 is 12.1. The molecule has 2 aliphatic heterocycles. The number of ether oxygens (including phenoxy) is 2. The third kappa shape index (κ3) is 4.81. The van der Waals surface area contributed by atoms with Crippen LogP contribution < -0.4 is 5.32 Å². The topological polar surface area (TPSA) is 33.7 Å². The van der Waals surface area contributed by atoms with Crippen LogP contribution in [0.15, 0.2) is 48.3 Å². The molecule has 2 unspecified atom stereocenters. The van der Waals surface area contributed by atoms with Crippen LogP contribution in [0, 0.1) is 0 Å². The van der Waals surface area contributed by atoms with E-state index in [1.54, 1.807) is 0 Å². The normalized spacial score (nSPS) is 25.8. The maximum Gasteiger partial charge on any atom is 0.147 e. The quantitative estimate of drug-likeness (QED) is 0.824. The van der Waals surface area contributed by atoms with E-state index in [-0.39, 0.29) is 17.7 Å². The van der Waals surface area contributed by atoms with Gasteiger partial charge < -0.3 is 19.7 Å². The van der Waals surface area contributed by atoms with Crippen molar-refractivity contribution < 1.29 is 9.47 Å². The summed E-state index contributed by atoms with van der Waals surface area (Å²) in [4.78, 5) is 2.57. The molecule has 2 heterocycles. The van der Waals surface area contributed by atoms with E-state index in [2.05, 4.69) is 60.5 Å². The third-order valence-corrected chi connectivity index (χ3v) is 5.73. The van der Waals surface area contributed by atoms with Crippen LogP contribution in [0.3, 0.4) is 0 Å². The lowest BCUT2D eigenvalue weighted by Gasteiger charge is -2.33. The number of allylic oxidation sites excluding steroid dienone is 2. The van der Waals surface area contributed by atoms with Gasteiger partial charge in [0.05, 0.1) is 6.61 Å². The van der Waals surface area contributed by atoms with Crippen molar-refractivity contribution in [2.75, 3.05) is 26.2 Å². The van der Waals surface area contributed by atoms with Crippen molar-refractivity contribution in [3.63, 3.8) is 0 Å². The van der Waals surface area contributed by atoms with E-state index in [1.165, 1.54) is 37.1 Å². The highest BCUT2D eigenvalue weighted by Crippen LogP contribution is 2.32. The number of hydrogen-bond acceptors (Lipinski definition) is 4. The van der Waals surface area contributed by atoms with Crippen LogP contribution in [0.2, 0.25) is 0 Å². The predicted molar refractivity (Wildman–Crippen MR) is 108 cm³/mol. The van der Waals surface area contributed by atoms with E-state index in [0.29, 0.717) is 6.61 Å². The SMILES string of the molecule is CC(C)(CN1CCCC1)NCc1ccc(C2COC3CC=CC=C3O2)cc1. The molecule has 0 aromatic heterocycles. The van der Waals surface area contributed by atoms with Gasteiger partial charge in [0.15, 0.2) is 0 Å².